The largest absolute Gasteiger partial charge is 0.490 e. The van der Waals surface area contributed by atoms with E-state index in [1.807, 2.05) is 12.1 Å². The lowest BCUT2D eigenvalue weighted by molar-refractivity contribution is 0.296. The lowest BCUT2D eigenvalue weighted by atomic mass is 9.82. The summed E-state index contributed by atoms with van der Waals surface area (Å²) in [5.41, 5.74) is 1.14. The van der Waals surface area contributed by atoms with Gasteiger partial charge in [0.15, 0.2) is 11.5 Å². The maximum Gasteiger partial charge on any atom is 0.162 e. The van der Waals surface area contributed by atoms with E-state index in [0.717, 1.165) is 40.3 Å². The average Bonchev–Trinajstić information content (AvgIpc) is 2.52. The predicted octanol–water partition coefficient (Wildman–Crippen LogP) is 4.56. The summed E-state index contributed by atoms with van der Waals surface area (Å²) in [5, 5.41) is 1.70. The third kappa shape index (κ3) is 2.94. The number of fused-ring (bicyclic) bond motifs is 1. The van der Waals surface area contributed by atoms with Crippen LogP contribution in [0.15, 0.2) is 12.1 Å². The molecular formula is C14H18BrClO2. The van der Waals surface area contributed by atoms with Crippen LogP contribution in [0.2, 0.25) is 5.02 Å². The molecule has 0 amide bonds. The SMILES string of the molecule is CC(C)(CCBr)c1cc2c(cc1Cl)OCCCO2. The number of halogens is 2. The Labute approximate surface area is 122 Å². The summed E-state index contributed by atoms with van der Waals surface area (Å²) in [6, 6.07) is 3.92. The predicted molar refractivity (Wildman–Crippen MR) is 78.5 cm³/mol. The first-order valence-electron chi connectivity index (χ1n) is 6.20. The highest BCUT2D eigenvalue weighted by atomic mass is 79.9. The van der Waals surface area contributed by atoms with Crippen LogP contribution in [-0.2, 0) is 5.41 Å². The summed E-state index contributed by atoms with van der Waals surface area (Å²) in [6.07, 6.45) is 1.93. The summed E-state index contributed by atoms with van der Waals surface area (Å²) in [4.78, 5) is 0. The monoisotopic (exact) mass is 332 g/mol. The molecule has 2 nitrogen and oxygen atoms in total. The highest BCUT2D eigenvalue weighted by molar-refractivity contribution is 9.09. The standard InChI is InChI=1S/C14H18BrClO2/c1-14(2,4-5-15)10-8-12-13(9-11(10)16)18-7-3-6-17-12/h8-9H,3-7H2,1-2H3. The van der Waals surface area contributed by atoms with Crippen molar-refractivity contribution in [1.82, 2.24) is 0 Å². The van der Waals surface area contributed by atoms with Crippen LogP contribution in [0.5, 0.6) is 11.5 Å². The summed E-state index contributed by atoms with van der Waals surface area (Å²) in [7, 11) is 0. The molecule has 1 aromatic rings. The summed E-state index contributed by atoms with van der Waals surface area (Å²) in [6.45, 7) is 5.78. The molecule has 0 saturated heterocycles. The molecule has 0 unspecified atom stereocenters. The highest BCUT2D eigenvalue weighted by Gasteiger charge is 2.25. The molecule has 2 rings (SSSR count). The summed E-state index contributed by atoms with van der Waals surface area (Å²) < 4.78 is 11.4. The lowest BCUT2D eigenvalue weighted by Crippen LogP contribution is -2.18. The van der Waals surface area contributed by atoms with Gasteiger partial charge in [0.1, 0.15) is 0 Å². The van der Waals surface area contributed by atoms with E-state index < -0.39 is 0 Å². The molecule has 0 radical (unpaired) electrons. The van der Waals surface area contributed by atoms with E-state index in [4.69, 9.17) is 21.1 Å². The molecule has 0 N–H and O–H groups in total. The van der Waals surface area contributed by atoms with Crippen molar-refractivity contribution in [2.24, 2.45) is 0 Å². The van der Waals surface area contributed by atoms with Gasteiger partial charge in [-0.15, -0.1) is 0 Å². The van der Waals surface area contributed by atoms with Crippen LogP contribution < -0.4 is 9.47 Å². The Kier molecular flexibility index (Phi) is 4.44. The van der Waals surface area contributed by atoms with Crippen molar-refractivity contribution >= 4 is 27.5 Å². The molecule has 1 heterocycles. The second kappa shape index (κ2) is 5.70. The van der Waals surface area contributed by atoms with Crippen molar-refractivity contribution in [3.05, 3.63) is 22.7 Å². The van der Waals surface area contributed by atoms with Gasteiger partial charge in [-0.25, -0.2) is 0 Å². The minimum Gasteiger partial charge on any atom is -0.490 e. The zero-order chi connectivity index (χ0) is 13.2. The van der Waals surface area contributed by atoms with E-state index in [1.165, 1.54) is 0 Å². The molecule has 1 aromatic carbocycles. The number of hydrogen-bond donors (Lipinski definition) is 0. The molecule has 0 fully saturated rings. The maximum atomic E-state index is 6.38. The first-order valence-corrected chi connectivity index (χ1v) is 7.70. The van der Waals surface area contributed by atoms with Gasteiger partial charge in [0.2, 0.25) is 0 Å². The minimum absolute atomic E-state index is 0.0191. The molecular weight excluding hydrogens is 316 g/mol. The molecule has 1 aliphatic rings. The Morgan fingerprint density at radius 2 is 1.83 bits per heavy atom. The van der Waals surface area contributed by atoms with Crippen LogP contribution in [-0.4, -0.2) is 18.5 Å². The van der Waals surface area contributed by atoms with E-state index >= 15 is 0 Å². The third-order valence-electron chi connectivity index (χ3n) is 3.29. The Bertz CT molecular complexity index is 432. The van der Waals surface area contributed by atoms with Gasteiger partial charge in [0.25, 0.3) is 0 Å². The fourth-order valence-electron chi connectivity index (χ4n) is 2.07. The maximum absolute atomic E-state index is 6.38. The van der Waals surface area contributed by atoms with Crippen molar-refractivity contribution < 1.29 is 9.47 Å². The van der Waals surface area contributed by atoms with Crippen LogP contribution in [0.4, 0.5) is 0 Å². The number of benzene rings is 1. The number of alkyl halides is 1. The van der Waals surface area contributed by atoms with Gasteiger partial charge in [0.05, 0.1) is 13.2 Å². The third-order valence-corrected chi connectivity index (χ3v) is 4.00. The van der Waals surface area contributed by atoms with Crippen LogP contribution in [0.1, 0.15) is 32.3 Å². The number of rotatable bonds is 3. The van der Waals surface area contributed by atoms with Crippen molar-refractivity contribution in [3.63, 3.8) is 0 Å². The van der Waals surface area contributed by atoms with E-state index in [0.29, 0.717) is 13.2 Å². The highest BCUT2D eigenvalue weighted by Crippen LogP contribution is 2.41. The second-order valence-electron chi connectivity index (χ2n) is 5.15. The fraction of sp³-hybridized carbons (Fsp3) is 0.571. The molecule has 1 aliphatic heterocycles. The Morgan fingerprint density at radius 3 is 2.44 bits per heavy atom. The van der Waals surface area contributed by atoms with Gasteiger partial charge in [-0.3, -0.25) is 0 Å². The summed E-state index contributed by atoms with van der Waals surface area (Å²) in [5.74, 6) is 1.57. The number of ether oxygens (including phenoxy) is 2. The molecule has 4 heteroatoms. The van der Waals surface area contributed by atoms with E-state index in [-0.39, 0.29) is 5.41 Å². The van der Waals surface area contributed by atoms with Crippen molar-refractivity contribution in [1.29, 1.82) is 0 Å². The van der Waals surface area contributed by atoms with Crippen LogP contribution in [0.25, 0.3) is 0 Å². The molecule has 100 valence electrons. The first kappa shape index (κ1) is 14.0. The molecule has 0 bridgehead atoms. The molecule has 0 aliphatic carbocycles. The first-order chi connectivity index (χ1) is 8.54. The quantitative estimate of drug-likeness (QED) is 0.755. The van der Waals surface area contributed by atoms with Gasteiger partial charge in [0, 0.05) is 22.8 Å². The van der Waals surface area contributed by atoms with Crippen LogP contribution in [0.3, 0.4) is 0 Å². The summed E-state index contributed by atoms with van der Waals surface area (Å²) >= 11 is 9.88. The van der Waals surface area contributed by atoms with Gasteiger partial charge in [-0.05, 0) is 23.5 Å². The van der Waals surface area contributed by atoms with Gasteiger partial charge in [-0.1, -0.05) is 41.4 Å². The molecule has 18 heavy (non-hydrogen) atoms. The Hall–Kier alpha value is -0.410. The minimum atomic E-state index is 0.0191. The van der Waals surface area contributed by atoms with E-state index in [9.17, 15) is 0 Å². The zero-order valence-corrected chi connectivity index (χ0v) is 13.1. The molecule has 0 saturated carbocycles. The van der Waals surface area contributed by atoms with Gasteiger partial charge in [-0.2, -0.15) is 0 Å². The van der Waals surface area contributed by atoms with Crippen molar-refractivity contribution in [3.8, 4) is 11.5 Å². The van der Waals surface area contributed by atoms with Gasteiger partial charge >= 0.3 is 0 Å². The average molecular weight is 334 g/mol. The topological polar surface area (TPSA) is 18.5 Å². The van der Waals surface area contributed by atoms with E-state index in [2.05, 4.69) is 29.8 Å². The van der Waals surface area contributed by atoms with E-state index in [1.54, 1.807) is 0 Å². The molecule has 0 aromatic heterocycles. The van der Waals surface area contributed by atoms with Crippen molar-refractivity contribution in [2.75, 3.05) is 18.5 Å². The van der Waals surface area contributed by atoms with Gasteiger partial charge < -0.3 is 9.47 Å². The second-order valence-corrected chi connectivity index (χ2v) is 6.35. The molecule has 0 spiro atoms. The van der Waals surface area contributed by atoms with Crippen LogP contribution in [0, 0.1) is 0 Å². The zero-order valence-electron chi connectivity index (χ0n) is 10.8. The number of hydrogen-bond acceptors (Lipinski definition) is 2. The smallest absolute Gasteiger partial charge is 0.162 e. The van der Waals surface area contributed by atoms with Crippen LogP contribution >= 0.6 is 27.5 Å². The normalized spacial score (nSPS) is 15.3. The molecule has 0 atom stereocenters. The Balaban J connectivity index is 2.40. The Morgan fingerprint density at radius 1 is 1.22 bits per heavy atom. The fourth-order valence-corrected chi connectivity index (χ4v) is 3.47. The van der Waals surface area contributed by atoms with Crippen molar-refractivity contribution in [2.45, 2.75) is 32.1 Å². The lowest BCUT2D eigenvalue weighted by Gasteiger charge is -2.26.